The third-order valence-corrected chi connectivity index (χ3v) is 10.8. The summed E-state index contributed by atoms with van der Waals surface area (Å²) in [6, 6.07) is 11.6. The largest absolute Gasteiger partial charge is 0.371 e. The van der Waals surface area contributed by atoms with Crippen molar-refractivity contribution in [3.63, 3.8) is 0 Å². The molecule has 0 bridgehead atoms. The lowest BCUT2D eigenvalue weighted by Crippen LogP contribution is -2.54. The second-order valence-electron chi connectivity index (χ2n) is 14.3. The molecule has 7 N–H and O–H groups in total. The topological polar surface area (TPSA) is 239 Å². The lowest BCUT2D eigenvalue weighted by atomic mass is 9.89. The normalized spacial score (nSPS) is 21.2. The minimum atomic E-state index is -0.982. The van der Waals surface area contributed by atoms with Gasteiger partial charge in [0.25, 0.3) is 17.7 Å². The minimum Gasteiger partial charge on any atom is -0.371 e. The minimum absolute atomic E-state index is 0.0411. The Balaban J connectivity index is 0.909. The summed E-state index contributed by atoms with van der Waals surface area (Å²) in [5.41, 5.74) is 14.2. The number of nitrogens with zero attached hydrogens (tertiary/aromatic N) is 6. The number of primary amides is 2. The number of piperidine rings is 2. The van der Waals surface area contributed by atoms with Gasteiger partial charge in [0.2, 0.25) is 23.7 Å². The molecule has 17 nitrogen and oxygen atoms in total. The van der Waals surface area contributed by atoms with Crippen molar-refractivity contribution in [2.75, 3.05) is 48.3 Å². The van der Waals surface area contributed by atoms with Gasteiger partial charge in [-0.25, -0.2) is 0 Å². The zero-order valence-electron chi connectivity index (χ0n) is 29.9. The first kappa shape index (κ1) is 36.4. The van der Waals surface area contributed by atoms with Crippen LogP contribution in [0, 0.1) is 5.92 Å². The smallest absolute Gasteiger partial charge is 0.273 e. The molecule has 0 radical (unpaired) electrons. The fourth-order valence-corrected chi connectivity index (χ4v) is 7.83. The highest BCUT2D eigenvalue weighted by molar-refractivity contribution is 6.23. The van der Waals surface area contributed by atoms with E-state index in [9.17, 15) is 28.8 Å². The van der Waals surface area contributed by atoms with E-state index in [4.69, 9.17) is 11.5 Å². The molecule has 6 amide bonds. The SMILES string of the molecule is CCC(Nc1nnc(C(N)=O)c(Nc2ccc(C3CCN(CC4CCN(c5ccc6c(c5)C(=O)N(C5CCC(=O)NC5=O)C6=O)C4)CC3)cc2)n1)C(N)=O. The molecule has 17 heteroatoms. The van der Waals surface area contributed by atoms with Crippen LogP contribution in [-0.4, -0.2) is 105 Å². The van der Waals surface area contributed by atoms with Crippen molar-refractivity contribution >= 4 is 58.6 Å². The lowest BCUT2D eigenvalue weighted by Gasteiger charge is -2.34. The number of benzene rings is 2. The van der Waals surface area contributed by atoms with Crippen LogP contribution in [0.3, 0.4) is 0 Å². The number of hydrogen-bond acceptors (Lipinski definition) is 13. The number of likely N-dealkylation sites (tertiary alicyclic amines) is 1. The highest BCUT2D eigenvalue weighted by Crippen LogP contribution is 2.34. The summed E-state index contributed by atoms with van der Waals surface area (Å²) in [6.45, 7) is 6.40. The van der Waals surface area contributed by atoms with Gasteiger partial charge < -0.3 is 31.9 Å². The molecule has 1 aromatic heterocycles. The van der Waals surface area contributed by atoms with Gasteiger partial charge in [0.15, 0.2) is 11.5 Å². The predicted octanol–water partition coefficient (Wildman–Crippen LogP) is 1.50. The molecule has 4 aliphatic rings. The zero-order chi connectivity index (χ0) is 38.1. The molecule has 0 aliphatic carbocycles. The van der Waals surface area contributed by atoms with Crippen molar-refractivity contribution in [3.05, 3.63) is 64.8 Å². The van der Waals surface area contributed by atoms with Gasteiger partial charge in [0.05, 0.1) is 11.1 Å². The number of imide groups is 2. The Hall–Kier alpha value is -5.97. The molecule has 282 valence electrons. The van der Waals surface area contributed by atoms with Gasteiger partial charge >= 0.3 is 0 Å². The van der Waals surface area contributed by atoms with Gasteiger partial charge in [0, 0.05) is 37.4 Å². The predicted molar refractivity (Wildman–Crippen MR) is 197 cm³/mol. The molecule has 7 rings (SSSR count). The van der Waals surface area contributed by atoms with Crippen molar-refractivity contribution in [1.82, 2.24) is 30.3 Å². The van der Waals surface area contributed by atoms with E-state index in [1.165, 1.54) is 5.56 Å². The third kappa shape index (κ3) is 7.44. The molecule has 3 fully saturated rings. The van der Waals surface area contributed by atoms with Crippen LogP contribution < -0.4 is 32.3 Å². The van der Waals surface area contributed by atoms with E-state index in [0.717, 1.165) is 62.6 Å². The number of anilines is 4. The Labute approximate surface area is 311 Å². The van der Waals surface area contributed by atoms with Gasteiger partial charge in [-0.15, -0.1) is 10.2 Å². The summed E-state index contributed by atoms with van der Waals surface area (Å²) < 4.78 is 0. The van der Waals surface area contributed by atoms with Gasteiger partial charge in [-0.1, -0.05) is 19.1 Å². The number of nitrogens with one attached hydrogen (secondary N) is 3. The number of nitrogens with two attached hydrogens (primary N) is 2. The van der Waals surface area contributed by atoms with Crippen LogP contribution in [0.5, 0.6) is 0 Å². The number of aromatic nitrogens is 3. The van der Waals surface area contributed by atoms with Crippen LogP contribution >= 0.6 is 0 Å². The molecule has 3 aromatic rings. The van der Waals surface area contributed by atoms with Crippen molar-refractivity contribution < 1.29 is 28.8 Å². The maximum absolute atomic E-state index is 13.3. The number of amides is 6. The third-order valence-electron chi connectivity index (χ3n) is 10.8. The van der Waals surface area contributed by atoms with Crippen molar-refractivity contribution in [2.45, 2.75) is 63.5 Å². The summed E-state index contributed by atoms with van der Waals surface area (Å²) in [7, 11) is 0. The van der Waals surface area contributed by atoms with E-state index >= 15 is 0 Å². The second-order valence-corrected chi connectivity index (χ2v) is 14.3. The quantitative estimate of drug-likeness (QED) is 0.166. The molecule has 4 aliphatic heterocycles. The molecule has 2 aromatic carbocycles. The number of carbonyl (C=O) groups is 6. The standard InChI is InChI=1S/C37H43N11O6/c1-2-27(31(38)50)41-37-43-33(30(32(39)51)44-45-37)40-23-5-3-21(4-6-23)22-12-14-46(15-13-22)18-20-11-16-47(19-20)24-7-8-25-26(17-24)36(54)48(35(25)53)28-9-10-29(49)42-34(28)52/h3-8,17,20,22,27-28H,2,9-16,18-19H2,1H3,(H2,38,50)(H2,39,51)(H,42,49,52)(H2,40,41,43,45). The number of hydrogen-bond donors (Lipinski definition) is 5. The van der Waals surface area contributed by atoms with Crippen LogP contribution in [0.1, 0.15) is 88.1 Å². The Morgan fingerprint density at radius 1 is 0.926 bits per heavy atom. The number of fused-ring (bicyclic) bond motifs is 1. The Kier molecular flexibility index (Phi) is 10.2. The summed E-state index contributed by atoms with van der Waals surface area (Å²) >= 11 is 0. The maximum Gasteiger partial charge on any atom is 0.273 e. The Bertz CT molecular complexity index is 2000. The van der Waals surface area contributed by atoms with E-state index in [1.54, 1.807) is 19.1 Å². The first-order chi connectivity index (χ1) is 26.0. The highest BCUT2D eigenvalue weighted by atomic mass is 16.2. The average Bonchev–Trinajstić information content (AvgIpc) is 3.72. The maximum atomic E-state index is 13.3. The van der Waals surface area contributed by atoms with Crippen LogP contribution in [0.4, 0.5) is 23.1 Å². The van der Waals surface area contributed by atoms with Gasteiger partial charge in [0.1, 0.15) is 12.1 Å². The number of carbonyl (C=O) groups excluding carboxylic acids is 6. The fraction of sp³-hybridized carbons (Fsp3) is 0.432. The molecule has 3 saturated heterocycles. The number of rotatable bonds is 12. The van der Waals surface area contributed by atoms with Gasteiger partial charge in [-0.05, 0) is 92.9 Å². The van der Waals surface area contributed by atoms with Crippen molar-refractivity contribution in [1.29, 1.82) is 0 Å². The molecule has 5 heterocycles. The highest BCUT2D eigenvalue weighted by Gasteiger charge is 2.45. The first-order valence-corrected chi connectivity index (χ1v) is 18.3. The van der Waals surface area contributed by atoms with E-state index < -0.39 is 47.5 Å². The Morgan fingerprint density at radius 3 is 2.35 bits per heavy atom. The summed E-state index contributed by atoms with van der Waals surface area (Å²) in [5.74, 6) is -2.35. The van der Waals surface area contributed by atoms with E-state index in [-0.39, 0.29) is 35.9 Å². The summed E-state index contributed by atoms with van der Waals surface area (Å²) in [4.78, 5) is 84.2. The van der Waals surface area contributed by atoms with Crippen LogP contribution in [0.25, 0.3) is 0 Å². The molecule has 0 spiro atoms. The zero-order valence-corrected chi connectivity index (χ0v) is 29.9. The summed E-state index contributed by atoms with van der Waals surface area (Å²) in [5, 5.41) is 15.9. The molecular weight excluding hydrogens is 694 g/mol. The molecule has 0 saturated carbocycles. The van der Waals surface area contributed by atoms with E-state index in [0.29, 0.717) is 29.5 Å². The molecular formula is C37H43N11O6. The van der Waals surface area contributed by atoms with Crippen LogP contribution in [0.2, 0.25) is 0 Å². The van der Waals surface area contributed by atoms with Crippen molar-refractivity contribution in [2.24, 2.45) is 17.4 Å². The molecule has 3 unspecified atom stereocenters. The molecule has 54 heavy (non-hydrogen) atoms. The Morgan fingerprint density at radius 2 is 1.67 bits per heavy atom. The fourth-order valence-electron chi connectivity index (χ4n) is 7.83. The first-order valence-electron chi connectivity index (χ1n) is 18.3. The second kappa shape index (κ2) is 15.2. The van der Waals surface area contributed by atoms with E-state index in [1.807, 2.05) is 18.2 Å². The summed E-state index contributed by atoms with van der Waals surface area (Å²) in [6.07, 6.45) is 3.68. The van der Waals surface area contributed by atoms with Crippen LogP contribution in [-0.2, 0) is 14.4 Å². The monoisotopic (exact) mass is 737 g/mol. The van der Waals surface area contributed by atoms with Crippen LogP contribution in [0.15, 0.2) is 42.5 Å². The van der Waals surface area contributed by atoms with Crippen molar-refractivity contribution in [3.8, 4) is 0 Å². The average molecular weight is 738 g/mol. The van der Waals surface area contributed by atoms with Gasteiger partial charge in [-0.2, -0.15) is 4.98 Å². The molecule has 3 atom stereocenters. The van der Waals surface area contributed by atoms with Gasteiger partial charge in [-0.3, -0.25) is 39.0 Å². The lowest BCUT2D eigenvalue weighted by molar-refractivity contribution is -0.136. The van der Waals surface area contributed by atoms with E-state index in [2.05, 4.69) is 53.1 Å².